The van der Waals surface area contributed by atoms with Gasteiger partial charge in [0.15, 0.2) is 0 Å². The van der Waals surface area contributed by atoms with Gasteiger partial charge in [-0.2, -0.15) is 0 Å². The van der Waals surface area contributed by atoms with Crippen molar-refractivity contribution >= 4 is 38.6 Å². The van der Waals surface area contributed by atoms with Crippen LogP contribution in [0.4, 0.5) is 0 Å². The number of rotatable bonds is 3. The van der Waals surface area contributed by atoms with Gasteiger partial charge in [0.2, 0.25) is 0 Å². The largest absolute Gasteiger partial charge is 0.315 e. The van der Waals surface area contributed by atoms with E-state index in [4.69, 9.17) is 0 Å². The molecule has 0 radical (unpaired) electrons. The summed E-state index contributed by atoms with van der Waals surface area (Å²) in [6.45, 7) is 6.72. The zero-order valence-electron chi connectivity index (χ0n) is 11.6. The molecule has 1 saturated heterocycles. The van der Waals surface area contributed by atoms with Crippen LogP contribution in [0.5, 0.6) is 0 Å². The molecule has 1 N–H and O–H groups in total. The van der Waals surface area contributed by atoms with Crippen LogP contribution >= 0.6 is 38.6 Å². The number of halogens is 1. The second kappa shape index (κ2) is 6.71. The SMILES string of the molecule is Cc1ccc(C(c2ccc(Br)s2)N2CCCNCC2)s1. The summed E-state index contributed by atoms with van der Waals surface area (Å²) in [6.07, 6.45) is 1.23. The maximum Gasteiger partial charge on any atom is 0.0790 e. The first-order valence-corrected chi connectivity index (χ1v) is 9.43. The number of aryl methyl sites for hydroxylation is 1. The van der Waals surface area contributed by atoms with Gasteiger partial charge in [0.05, 0.1) is 9.83 Å². The van der Waals surface area contributed by atoms with Gasteiger partial charge in [-0.3, -0.25) is 4.90 Å². The Labute approximate surface area is 136 Å². The molecule has 3 heterocycles. The van der Waals surface area contributed by atoms with Gasteiger partial charge in [0, 0.05) is 34.3 Å². The second-order valence-electron chi connectivity index (χ2n) is 5.13. The summed E-state index contributed by atoms with van der Waals surface area (Å²) in [4.78, 5) is 6.94. The second-order valence-corrected chi connectivity index (χ2v) is 8.95. The van der Waals surface area contributed by atoms with Crippen molar-refractivity contribution in [2.24, 2.45) is 0 Å². The Morgan fingerprint density at radius 1 is 1.10 bits per heavy atom. The Hall–Kier alpha value is -0.200. The summed E-state index contributed by atoms with van der Waals surface area (Å²) >= 11 is 7.40. The van der Waals surface area contributed by atoms with Gasteiger partial charge in [0.1, 0.15) is 0 Å². The zero-order chi connectivity index (χ0) is 13.9. The predicted molar refractivity (Wildman–Crippen MR) is 92.0 cm³/mol. The summed E-state index contributed by atoms with van der Waals surface area (Å²) in [7, 11) is 0. The fourth-order valence-electron chi connectivity index (χ4n) is 2.70. The smallest absolute Gasteiger partial charge is 0.0790 e. The molecule has 2 aromatic heterocycles. The fraction of sp³-hybridized carbons (Fsp3) is 0.467. The number of hydrogen-bond donors (Lipinski definition) is 1. The van der Waals surface area contributed by atoms with E-state index in [0.29, 0.717) is 6.04 Å². The van der Waals surface area contributed by atoms with Crippen LogP contribution in [0.3, 0.4) is 0 Å². The fourth-order valence-corrected chi connectivity index (χ4v) is 5.38. The molecule has 1 unspecified atom stereocenters. The molecular weight excluding hydrogens is 352 g/mol. The average Bonchev–Trinajstić information content (AvgIpc) is 2.93. The highest BCUT2D eigenvalue weighted by molar-refractivity contribution is 9.11. The number of hydrogen-bond acceptors (Lipinski definition) is 4. The molecule has 1 atom stereocenters. The van der Waals surface area contributed by atoms with Crippen LogP contribution in [0.2, 0.25) is 0 Å². The maximum atomic E-state index is 3.61. The molecule has 0 aliphatic carbocycles. The van der Waals surface area contributed by atoms with Crippen molar-refractivity contribution in [3.63, 3.8) is 0 Å². The van der Waals surface area contributed by atoms with E-state index >= 15 is 0 Å². The van der Waals surface area contributed by atoms with Crippen LogP contribution in [0.15, 0.2) is 28.1 Å². The highest BCUT2D eigenvalue weighted by Gasteiger charge is 2.25. The van der Waals surface area contributed by atoms with Crippen LogP contribution in [0, 0.1) is 6.92 Å². The van der Waals surface area contributed by atoms with Gasteiger partial charge >= 0.3 is 0 Å². The summed E-state index contributed by atoms with van der Waals surface area (Å²) in [6, 6.07) is 9.41. The topological polar surface area (TPSA) is 15.3 Å². The molecule has 1 aliphatic rings. The standard InChI is InChI=1S/C15H19BrN2S2/c1-11-3-4-12(19-11)15(13-5-6-14(16)20-13)18-9-2-7-17-8-10-18/h3-6,15,17H,2,7-10H2,1H3. The molecule has 2 nitrogen and oxygen atoms in total. The van der Waals surface area contributed by atoms with Crippen LogP contribution < -0.4 is 5.32 Å². The minimum atomic E-state index is 0.421. The van der Waals surface area contributed by atoms with Gasteiger partial charge in [0.25, 0.3) is 0 Å². The molecule has 0 spiro atoms. The number of nitrogens with zero attached hydrogens (tertiary/aromatic N) is 1. The first kappa shape index (κ1) is 14.7. The summed E-state index contributed by atoms with van der Waals surface area (Å²) in [5, 5.41) is 3.50. The molecule has 0 bridgehead atoms. The van der Waals surface area contributed by atoms with Gasteiger partial charge in [-0.05, 0) is 60.1 Å². The van der Waals surface area contributed by atoms with E-state index in [-0.39, 0.29) is 0 Å². The van der Waals surface area contributed by atoms with Crippen LogP contribution in [-0.4, -0.2) is 31.1 Å². The average molecular weight is 371 g/mol. The quantitative estimate of drug-likeness (QED) is 0.867. The van der Waals surface area contributed by atoms with E-state index < -0.39 is 0 Å². The zero-order valence-corrected chi connectivity index (χ0v) is 14.8. The van der Waals surface area contributed by atoms with Crippen LogP contribution in [0.1, 0.15) is 27.1 Å². The maximum absolute atomic E-state index is 3.61. The molecule has 3 rings (SSSR count). The molecule has 1 aliphatic heterocycles. The lowest BCUT2D eigenvalue weighted by atomic mass is 10.1. The Morgan fingerprint density at radius 2 is 1.90 bits per heavy atom. The molecule has 0 aromatic carbocycles. The van der Waals surface area contributed by atoms with E-state index in [9.17, 15) is 0 Å². The van der Waals surface area contributed by atoms with Crippen molar-refractivity contribution in [1.82, 2.24) is 10.2 Å². The van der Waals surface area contributed by atoms with Crippen molar-refractivity contribution in [3.8, 4) is 0 Å². The molecule has 5 heteroatoms. The lowest BCUT2D eigenvalue weighted by Crippen LogP contribution is -2.32. The summed E-state index contributed by atoms with van der Waals surface area (Å²) < 4.78 is 1.22. The molecule has 0 amide bonds. The lowest BCUT2D eigenvalue weighted by molar-refractivity contribution is 0.247. The number of thiophene rings is 2. The van der Waals surface area contributed by atoms with Gasteiger partial charge in [-0.25, -0.2) is 0 Å². The van der Waals surface area contributed by atoms with E-state index in [1.165, 1.54) is 31.4 Å². The highest BCUT2D eigenvalue weighted by Crippen LogP contribution is 2.38. The third-order valence-corrected chi connectivity index (χ3v) is 6.36. The summed E-state index contributed by atoms with van der Waals surface area (Å²) in [5.41, 5.74) is 0. The minimum absolute atomic E-state index is 0.421. The van der Waals surface area contributed by atoms with Crippen molar-refractivity contribution in [2.45, 2.75) is 19.4 Å². The van der Waals surface area contributed by atoms with E-state index in [0.717, 1.165) is 19.6 Å². The highest BCUT2D eigenvalue weighted by atomic mass is 79.9. The van der Waals surface area contributed by atoms with E-state index in [2.05, 4.69) is 57.3 Å². The molecule has 108 valence electrons. The minimum Gasteiger partial charge on any atom is -0.315 e. The van der Waals surface area contributed by atoms with Crippen LogP contribution in [-0.2, 0) is 0 Å². The molecular formula is C15H19BrN2S2. The molecule has 20 heavy (non-hydrogen) atoms. The van der Waals surface area contributed by atoms with Crippen LogP contribution in [0.25, 0.3) is 0 Å². The molecule has 1 fully saturated rings. The van der Waals surface area contributed by atoms with Crippen molar-refractivity contribution in [1.29, 1.82) is 0 Å². The van der Waals surface area contributed by atoms with Crippen molar-refractivity contribution < 1.29 is 0 Å². The summed E-state index contributed by atoms with van der Waals surface area (Å²) in [5.74, 6) is 0. The Bertz CT molecular complexity index is 515. The Balaban J connectivity index is 1.94. The first-order chi connectivity index (χ1) is 9.74. The third kappa shape index (κ3) is 3.34. The Morgan fingerprint density at radius 3 is 2.60 bits per heavy atom. The monoisotopic (exact) mass is 370 g/mol. The first-order valence-electron chi connectivity index (χ1n) is 7.00. The van der Waals surface area contributed by atoms with Gasteiger partial charge < -0.3 is 5.32 Å². The molecule has 2 aromatic rings. The van der Waals surface area contributed by atoms with Gasteiger partial charge in [-0.1, -0.05) is 0 Å². The number of nitrogens with one attached hydrogen (secondary N) is 1. The predicted octanol–water partition coefficient (Wildman–Crippen LogP) is 4.27. The van der Waals surface area contributed by atoms with Crippen molar-refractivity contribution in [3.05, 3.63) is 42.7 Å². The normalized spacial score (nSPS) is 18.9. The molecule has 0 saturated carbocycles. The third-order valence-electron chi connectivity index (χ3n) is 3.63. The Kier molecular flexibility index (Phi) is 4.94. The van der Waals surface area contributed by atoms with E-state index in [1.807, 2.05) is 22.7 Å². The van der Waals surface area contributed by atoms with Gasteiger partial charge in [-0.15, -0.1) is 22.7 Å². The lowest BCUT2D eigenvalue weighted by Gasteiger charge is -2.29. The van der Waals surface area contributed by atoms with E-state index in [1.54, 1.807) is 0 Å². The van der Waals surface area contributed by atoms with Crippen molar-refractivity contribution in [2.75, 3.05) is 26.2 Å².